The van der Waals surface area contributed by atoms with E-state index in [2.05, 4.69) is 0 Å². The highest BCUT2D eigenvalue weighted by Crippen LogP contribution is 2.17. The van der Waals surface area contributed by atoms with E-state index in [0.717, 1.165) is 11.1 Å². The first-order chi connectivity index (χ1) is 9.61. The average molecular weight is 293 g/mol. The highest BCUT2D eigenvalue weighted by atomic mass is 16.6. The number of nitrogens with zero attached hydrogens (tertiary/aromatic N) is 1. The summed E-state index contributed by atoms with van der Waals surface area (Å²) in [6, 6.07) is 6.60. The van der Waals surface area contributed by atoms with Crippen molar-refractivity contribution in [1.29, 1.82) is 0 Å². The third-order valence-corrected chi connectivity index (χ3v) is 3.05. The molecule has 1 N–H and O–H groups in total. The first-order valence-corrected chi connectivity index (χ1v) is 6.89. The Morgan fingerprint density at radius 2 is 1.86 bits per heavy atom. The average Bonchev–Trinajstić information content (AvgIpc) is 2.34. The molecule has 21 heavy (non-hydrogen) atoms. The second-order valence-corrected chi connectivity index (χ2v) is 6.05. The first kappa shape index (κ1) is 17.0. The van der Waals surface area contributed by atoms with Crippen LogP contribution in [-0.4, -0.2) is 33.7 Å². The van der Waals surface area contributed by atoms with Crippen LogP contribution in [0.25, 0.3) is 0 Å². The molecular weight excluding hydrogens is 270 g/mol. The molecule has 1 amide bonds. The molecule has 0 radical (unpaired) electrons. The smallest absolute Gasteiger partial charge is 0.411 e. The van der Waals surface area contributed by atoms with Gasteiger partial charge in [0.05, 0.1) is 6.54 Å². The summed E-state index contributed by atoms with van der Waals surface area (Å²) in [5.41, 5.74) is 1.24. The van der Waals surface area contributed by atoms with Crippen molar-refractivity contribution in [2.75, 3.05) is 0 Å². The van der Waals surface area contributed by atoms with Gasteiger partial charge in [0.25, 0.3) is 0 Å². The topological polar surface area (TPSA) is 66.8 Å². The highest BCUT2D eigenvalue weighted by Gasteiger charge is 2.30. The molecule has 1 unspecified atom stereocenters. The quantitative estimate of drug-likeness (QED) is 0.925. The Kier molecular flexibility index (Phi) is 5.35. The molecule has 1 rings (SSSR count). The molecule has 0 spiro atoms. The van der Waals surface area contributed by atoms with E-state index in [1.54, 1.807) is 20.8 Å². The largest absolute Gasteiger partial charge is 0.480 e. The fraction of sp³-hybridized carbons (Fsp3) is 0.500. The van der Waals surface area contributed by atoms with Crippen molar-refractivity contribution in [3.8, 4) is 0 Å². The molecule has 0 aliphatic heterocycles. The van der Waals surface area contributed by atoms with Gasteiger partial charge >= 0.3 is 12.1 Å². The summed E-state index contributed by atoms with van der Waals surface area (Å²) in [7, 11) is 0. The number of hydrogen-bond acceptors (Lipinski definition) is 3. The first-order valence-electron chi connectivity index (χ1n) is 6.89. The predicted octanol–water partition coefficient (Wildman–Crippen LogP) is 3.21. The maximum Gasteiger partial charge on any atom is 0.411 e. The molecule has 0 aromatic heterocycles. The zero-order valence-electron chi connectivity index (χ0n) is 13.2. The van der Waals surface area contributed by atoms with Crippen LogP contribution in [0.2, 0.25) is 0 Å². The second-order valence-electron chi connectivity index (χ2n) is 6.05. The predicted molar refractivity (Wildman–Crippen MR) is 80.1 cm³/mol. The van der Waals surface area contributed by atoms with Crippen molar-refractivity contribution in [1.82, 2.24) is 4.90 Å². The van der Waals surface area contributed by atoms with E-state index < -0.39 is 23.7 Å². The SMILES string of the molecule is Cc1ccccc1CN(C(=O)OC(C)(C)C)C(C)C(=O)O. The lowest BCUT2D eigenvalue weighted by atomic mass is 10.1. The molecule has 0 heterocycles. The summed E-state index contributed by atoms with van der Waals surface area (Å²) < 4.78 is 5.31. The Morgan fingerprint density at radius 1 is 1.29 bits per heavy atom. The van der Waals surface area contributed by atoms with Crippen molar-refractivity contribution in [2.45, 2.75) is 52.8 Å². The molecule has 0 fully saturated rings. The van der Waals surface area contributed by atoms with E-state index in [1.165, 1.54) is 11.8 Å². The maximum atomic E-state index is 12.3. The molecule has 0 saturated carbocycles. The van der Waals surface area contributed by atoms with Crippen LogP contribution in [-0.2, 0) is 16.1 Å². The fourth-order valence-corrected chi connectivity index (χ4v) is 1.78. The second kappa shape index (κ2) is 6.61. The van der Waals surface area contributed by atoms with Crippen molar-refractivity contribution < 1.29 is 19.4 Å². The minimum atomic E-state index is -1.06. The molecule has 0 saturated heterocycles. The van der Waals surface area contributed by atoms with E-state index in [9.17, 15) is 14.7 Å². The zero-order valence-corrected chi connectivity index (χ0v) is 13.2. The number of benzene rings is 1. The Bertz CT molecular complexity index is 519. The van der Waals surface area contributed by atoms with E-state index in [4.69, 9.17) is 4.74 Å². The van der Waals surface area contributed by atoms with Gasteiger partial charge in [-0.25, -0.2) is 9.59 Å². The molecule has 1 atom stereocenters. The van der Waals surface area contributed by atoms with Gasteiger partial charge in [0.2, 0.25) is 0 Å². The molecule has 0 bridgehead atoms. The van der Waals surface area contributed by atoms with Crippen LogP contribution >= 0.6 is 0 Å². The van der Waals surface area contributed by atoms with Crippen LogP contribution in [0.15, 0.2) is 24.3 Å². The van der Waals surface area contributed by atoms with Gasteiger partial charge in [-0.15, -0.1) is 0 Å². The third-order valence-electron chi connectivity index (χ3n) is 3.05. The van der Waals surface area contributed by atoms with E-state index >= 15 is 0 Å². The van der Waals surface area contributed by atoms with Crippen LogP contribution in [0, 0.1) is 6.92 Å². The fourth-order valence-electron chi connectivity index (χ4n) is 1.78. The number of aliphatic carboxylic acids is 1. The standard InChI is InChI=1S/C16H23NO4/c1-11-8-6-7-9-13(11)10-17(12(2)14(18)19)15(20)21-16(3,4)5/h6-9,12H,10H2,1-5H3,(H,18,19). The number of carbonyl (C=O) groups is 2. The number of ether oxygens (including phenoxy) is 1. The molecule has 1 aromatic carbocycles. The molecule has 5 nitrogen and oxygen atoms in total. The lowest BCUT2D eigenvalue weighted by Crippen LogP contribution is -2.45. The molecule has 1 aromatic rings. The van der Waals surface area contributed by atoms with Crippen molar-refractivity contribution in [3.05, 3.63) is 35.4 Å². The molecule has 116 valence electrons. The molecule has 5 heteroatoms. The van der Waals surface area contributed by atoms with Crippen LogP contribution < -0.4 is 0 Å². The van der Waals surface area contributed by atoms with E-state index in [1.807, 2.05) is 31.2 Å². The number of amides is 1. The molecule has 0 aliphatic carbocycles. The summed E-state index contributed by atoms with van der Waals surface area (Å²) in [5.74, 6) is -1.06. The minimum absolute atomic E-state index is 0.203. The van der Waals surface area contributed by atoms with Crippen molar-refractivity contribution >= 4 is 12.1 Å². The van der Waals surface area contributed by atoms with Crippen molar-refractivity contribution in [2.24, 2.45) is 0 Å². The van der Waals surface area contributed by atoms with Crippen LogP contribution in [0.3, 0.4) is 0 Å². The summed E-state index contributed by atoms with van der Waals surface area (Å²) in [4.78, 5) is 24.7. The molecular formula is C16H23NO4. The van der Waals surface area contributed by atoms with Gasteiger partial charge in [-0.3, -0.25) is 4.90 Å². The van der Waals surface area contributed by atoms with Crippen LogP contribution in [0.5, 0.6) is 0 Å². The number of carboxylic acid groups (broad SMARTS) is 1. The van der Waals surface area contributed by atoms with Gasteiger partial charge in [0.1, 0.15) is 11.6 Å². The lowest BCUT2D eigenvalue weighted by molar-refractivity contribution is -0.142. The van der Waals surface area contributed by atoms with E-state index in [0.29, 0.717) is 0 Å². The number of rotatable bonds is 4. The monoisotopic (exact) mass is 293 g/mol. The van der Waals surface area contributed by atoms with Gasteiger partial charge in [0.15, 0.2) is 0 Å². The zero-order chi connectivity index (χ0) is 16.2. The summed E-state index contributed by atoms with van der Waals surface area (Å²) in [6.45, 7) is 8.86. The lowest BCUT2D eigenvalue weighted by Gasteiger charge is -2.30. The number of carboxylic acids is 1. The summed E-state index contributed by atoms with van der Waals surface area (Å²) >= 11 is 0. The normalized spacial score (nSPS) is 12.6. The Hall–Kier alpha value is -2.04. The Balaban J connectivity index is 3.01. The van der Waals surface area contributed by atoms with Gasteiger partial charge in [0, 0.05) is 0 Å². The molecule has 0 aliphatic rings. The van der Waals surface area contributed by atoms with Crippen LogP contribution in [0.1, 0.15) is 38.8 Å². The van der Waals surface area contributed by atoms with Gasteiger partial charge < -0.3 is 9.84 Å². The number of aryl methyl sites for hydroxylation is 1. The number of hydrogen-bond donors (Lipinski definition) is 1. The summed E-state index contributed by atoms with van der Waals surface area (Å²) in [6.07, 6.45) is -0.624. The number of carbonyl (C=O) groups excluding carboxylic acids is 1. The minimum Gasteiger partial charge on any atom is -0.480 e. The highest BCUT2D eigenvalue weighted by molar-refractivity contribution is 5.79. The van der Waals surface area contributed by atoms with Gasteiger partial charge in [-0.1, -0.05) is 24.3 Å². The van der Waals surface area contributed by atoms with E-state index in [-0.39, 0.29) is 6.54 Å². The van der Waals surface area contributed by atoms with Crippen LogP contribution in [0.4, 0.5) is 4.79 Å². The maximum absolute atomic E-state index is 12.3. The van der Waals surface area contributed by atoms with Gasteiger partial charge in [-0.05, 0) is 45.7 Å². The Morgan fingerprint density at radius 3 is 2.33 bits per heavy atom. The van der Waals surface area contributed by atoms with Gasteiger partial charge in [-0.2, -0.15) is 0 Å². The van der Waals surface area contributed by atoms with Crippen molar-refractivity contribution in [3.63, 3.8) is 0 Å². The Labute approximate surface area is 125 Å². The summed E-state index contributed by atoms with van der Waals surface area (Å²) in [5, 5.41) is 9.20. The third kappa shape index (κ3) is 5.10.